The van der Waals surface area contributed by atoms with Crippen molar-refractivity contribution in [2.45, 2.75) is 6.54 Å². The molecule has 9 heteroatoms. The van der Waals surface area contributed by atoms with Gasteiger partial charge in [-0.1, -0.05) is 17.3 Å². The average Bonchev–Trinajstić information content (AvgIpc) is 3.27. The van der Waals surface area contributed by atoms with Gasteiger partial charge in [-0.3, -0.25) is 24.3 Å². The smallest absolute Gasteiger partial charge is 0.262 e. The van der Waals surface area contributed by atoms with Crippen molar-refractivity contribution in [1.82, 2.24) is 30.2 Å². The van der Waals surface area contributed by atoms with Crippen molar-refractivity contribution in [3.8, 4) is 5.69 Å². The zero-order valence-electron chi connectivity index (χ0n) is 14.1. The van der Waals surface area contributed by atoms with Gasteiger partial charge < -0.3 is 5.32 Å². The van der Waals surface area contributed by atoms with Crippen molar-refractivity contribution in [2.24, 2.45) is 0 Å². The molecule has 0 unspecified atom stereocenters. The first-order valence-corrected chi connectivity index (χ1v) is 8.17. The number of carbonyl (C=O) groups is 3. The predicted octanol–water partition coefficient (Wildman–Crippen LogP) is 0.575. The van der Waals surface area contributed by atoms with E-state index in [9.17, 15) is 14.4 Å². The van der Waals surface area contributed by atoms with E-state index in [0.717, 1.165) is 10.6 Å². The topological polar surface area (TPSA) is 110 Å². The third-order valence-corrected chi connectivity index (χ3v) is 4.11. The summed E-state index contributed by atoms with van der Waals surface area (Å²) in [7, 11) is 0. The van der Waals surface area contributed by atoms with Crippen LogP contribution in [-0.2, 0) is 11.3 Å². The number of imide groups is 1. The maximum atomic E-state index is 12.3. The van der Waals surface area contributed by atoms with Gasteiger partial charge in [0.25, 0.3) is 11.8 Å². The molecule has 1 aliphatic rings. The third kappa shape index (κ3) is 3.17. The van der Waals surface area contributed by atoms with Gasteiger partial charge in [-0.15, -0.1) is 5.10 Å². The Morgan fingerprint density at radius 1 is 1.00 bits per heavy atom. The van der Waals surface area contributed by atoms with Crippen LogP contribution in [0.5, 0.6) is 0 Å². The van der Waals surface area contributed by atoms with Gasteiger partial charge in [0.1, 0.15) is 12.2 Å². The Balaban J connectivity index is 1.37. The minimum Gasteiger partial charge on any atom is -0.349 e. The highest BCUT2D eigenvalue weighted by Gasteiger charge is 2.36. The molecular weight excluding hydrogens is 348 g/mol. The lowest BCUT2D eigenvalue weighted by Gasteiger charge is -2.13. The molecular formula is C18H14N6O3. The van der Waals surface area contributed by atoms with E-state index in [1.807, 2.05) is 0 Å². The van der Waals surface area contributed by atoms with E-state index in [-0.39, 0.29) is 13.1 Å². The van der Waals surface area contributed by atoms with Crippen molar-refractivity contribution in [1.29, 1.82) is 0 Å². The number of benzene rings is 1. The maximum Gasteiger partial charge on any atom is 0.262 e. The molecule has 0 bridgehead atoms. The number of pyridine rings is 1. The minimum atomic E-state index is -0.464. The fourth-order valence-corrected chi connectivity index (χ4v) is 2.77. The fourth-order valence-electron chi connectivity index (χ4n) is 2.77. The second-order valence-electron chi connectivity index (χ2n) is 5.88. The second kappa shape index (κ2) is 6.79. The van der Waals surface area contributed by atoms with E-state index < -0.39 is 17.7 Å². The molecule has 4 rings (SSSR count). The molecule has 0 saturated heterocycles. The number of carbonyl (C=O) groups excluding carboxylic acids is 3. The summed E-state index contributed by atoms with van der Waals surface area (Å²) in [5.41, 5.74) is 1.97. The molecule has 0 atom stereocenters. The number of aromatic nitrogens is 4. The molecule has 0 fully saturated rings. The Morgan fingerprint density at radius 2 is 1.67 bits per heavy atom. The highest BCUT2D eigenvalue weighted by Crippen LogP contribution is 2.21. The zero-order valence-corrected chi connectivity index (χ0v) is 14.1. The molecule has 3 aromatic rings. The van der Waals surface area contributed by atoms with E-state index >= 15 is 0 Å². The standard InChI is InChI=1S/C18H14N6O3/c25-16(11-23-17(26)14-3-1-2-4-15(14)18(23)27)20-9-12-10-24(22-21-12)13-5-7-19-8-6-13/h1-8,10H,9,11H2,(H,20,25). The number of nitrogens with zero attached hydrogens (tertiary/aromatic N) is 5. The van der Waals surface area contributed by atoms with Gasteiger partial charge in [-0.2, -0.15) is 0 Å². The van der Waals surface area contributed by atoms with Crippen molar-refractivity contribution >= 4 is 17.7 Å². The molecule has 1 aromatic carbocycles. The quantitative estimate of drug-likeness (QED) is 0.665. The molecule has 2 aromatic heterocycles. The first-order chi connectivity index (χ1) is 13.1. The molecule has 9 nitrogen and oxygen atoms in total. The van der Waals surface area contributed by atoms with Crippen LogP contribution in [0.25, 0.3) is 5.69 Å². The van der Waals surface area contributed by atoms with Gasteiger partial charge in [0.15, 0.2) is 0 Å². The van der Waals surface area contributed by atoms with Crippen LogP contribution in [0.1, 0.15) is 26.4 Å². The molecule has 27 heavy (non-hydrogen) atoms. The van der Waals surface area contributed by atoms with Gasteiger partial charge >= 0.3 is 0 Å². The summed E-state index contributed by atoms with van der Waals surface area (Å²) in [5.74, 6) is -1.38. The number of hydrogen-bond acceptors (Lipinski definition) is 6. The Bertz CT molecular complexity index is 995. The van der Waals surface area contributed by atoms with Crippen molar-refractivity contribution in [3.63, 3.8) is 0 Å². The Labute approximate surface area is 153 Å². The summed E-state index contributed by atoms with van der Waals surface area (Å²) in [5, 5.41) is 10.6. The lowest BCUT2D eigenvalue weighted by molar-refractivity contribution is -0.121. The fraction of sp³-hybridized carbons (Fsp3) is 0.111. The molecule has 3 amide bonds. The number of rotatable bonds is 5. The van der Waals surface area contributed by atoms with Gasteiger partial charge in [0, 0.05) is 12.4 Å². The molecule has 0 spiro atoms. The SMILES string of the molecule is O=C(CN1C(=O)c2ccccc2C1=O)NCc1cn(-c2ccncc2)nn1. The Kier molecular flexibility index (Phi) is 4.17. The van der Waals surface area contributed by atoms with Crippen molar-refractivity contribution in [2.75, 3.05) is 6.54 Å². The number of fused-ring (bicyclic) bond motifs is 1. The van der Waals surface area contributed by atoms with E-state index in [1.165, 1.54) is 0 Å². The molecule has 1 N–H and O–H groups in total. The third-order valence-electron chi connectivity index (χ3n) is 4.11. The van der Waals surface area contributed by atoms with Crippen molar-refractivity contribution in [3.05, 3.63) is 71.8 Å². The first-order valence-electron chi connectivity index (χ1n) is 8.17. The van der Waals surface area contributed by atoms with Crippen molar-refractivity contribution < 1.29 is 14.4 Å². The Morgan fingerprint density at radius 3 is 2.33 bits per heavy atom. The zero-order chi connectivity index (χ0) is 18.8. The minimum absolute atomic E-state index is 0.132. The van der Waals surface area contributed by atoms with Crippen LogP contribution >= 0.6 is 0 Å². The van der Waals surface area contributed by atoms with Gasteiger partial charge in [0.05, 0.1) is 29.6 Å². The molecule has 134 valence electrons. The number of hydrogen-bond donors (Lipinski definition) is 1. The van der Waals surface area contributed by atoms with Crippen LogP contribution in [0.4, 0.5) is 0 Å². The highest BCUT2D eigenvalue weighted by atomic mass is 16.2. The normalized spacial score (nSPS) is 13.0. The molecule has 0 aliphatic carbocycles. The molecule has 0 radical (unpaired) electrons. The monoisotopic (exact) mass is 362 g/mol. The highest BCUT2D eigenvalue weighted by molar-refractivity contribution is 6.22. The van der Waals surface area contributed by atoms with E-state index in [1.54, 1.807) is 59.7 Å². The second-order valence-corrected chi connectivity index (χ2v) is 5.88. The Hall–Kier alpha value is -3.88. The van der Waals surface area contributed by atoms with Crippen LogP contribution in [0.15, 0.2) is 55.0 Å². The summed E-state index contributed by atoms with van der Waals surface area (Å²) in [4.78, 5) is 41.6. The number of amides is 3. The average molecular weight is 362 g/mol. The lowest BCUT2D eigenvalue weighted by atomic mass is 10.1. The summed E-state index contributed by atoms with van der Waals surface area (Å²) in [6.45, 7) is -0.210. The largest absolute Gasteiger partial charge is 0.349 e. The van der Waals surface area contributed by atoms with Crippen LogP contribution < -0.4 is 5.32 Å². The lowest BCUT2D eigenvalue weighted by Crippen LogP contribution is -2.40. The van der Waals surface area contributed by atoms with Gasteiger partial charge in [0.2, 0.25) is 5.91 Å². The predicted molar refractivity (Wildman–Crippen MR) is 92.8 cm³/mol. The summed E-state index contributed by atoms with van der Waals surface area (Å²) < 4.78 is 1.56. The maximum absolute atomic E-state index is 12.3. The number of nitrogens with one attached hydrogen (secondary N) is 1. The molecule has 1 aliphatic heterocycles. The van der Waals surface area contributed by atoms with Gasteiger partial charge in [-0.05, 0) is 24.3 Å². The van der Waals surface area contributed by atoms with Crippen LogP contribution in [0.3, 0.4) is 0 Å². The van der Waals surface area contributed by atoms with E-state index in [4.69, 9.17) is 0 Å². The van der Waals surface area contributed by atoms with E-state index in [0.29, 0.717) is 16.8 Å². The van der Waals surface area contributed by atoms with Gasteiger partial charge in [-0.25, -0.2) is 4.68 Å². The first kappa shape index (κ1) is 16.6. The summed E-state index contributed by atoms with van der Waals surface area (Å²) >= 11 is 0. The summed E-state index contributed by atoms with van der Waals surface area (Å²) in [6.07, 6.45) is 4.96. The van der Waals surface area contributed by atoms with Crippen LogP contribution in [0.2, 0.25) is 0 Å². The molecule has 3 heterocycles. The molecule has 0 saturated carbocycles. The van der Waals surface area contributed by atoms with E-state index in [2.05, 4.69) is 20.6 Å². The van der Waals surface area contributed by atoms with Crippen LogP contribution in [0, 0.1) is 0 Å². The summed E-state index contributed by atoms with van der Waals surface area (Å²) in [6, 6.07) is 10.1. The van der Waals surface area contributed by atoms with Crippen LogP contribution in [-0.4, -0.2) is 49.1 Å².